The fourth-order valence-electron chi connectivity index (χ4n) is 1.73. The van der Waals surface area contributed by atoms with Crippen molar-refractivity contribution in [3.63, 3.8) is 0 Å². The number of aromatic carboxylic acids is 1. The molecule has 0 atom stereocenters. The number of pyridine rings is 1. The van der Waals surface area contributed by atoms with E-state index in [2.05, 4.69) is 15.4 Å². The molecule has 7 heteroatoms. The molecule has 0 aliphatic heterocycles. The summed E-state index contributed by atoms with van der Waals surface area (Å²) in [6.07, 6.45) is 1.89. The molecule has 0 bridgehead atoms. The van der Waals surface area contributed by atoms with Crippen molar-refractivity contribution in [2.24, 2.45) is 7.05 Å². The molecule has 0 radical (unpaired) electrons. The number of aromatic nitrogens is 3. The van der Waals surface area contributed by atoms with Crippen molar-refractivity contribution < 1.29 is 9.90 Å². The molecule has 7 nitrogen and oxygen atoms in total. The van der Waals surface area contributed by atoms with E-state index in [9.17, 15) is 4.79 Å². The molecule has 0 aliphatic rings. The average molecular weight is 261 g/mol. The van der Waals surface area contributed by atoms with Gasteiger partial charge in [-0.25, -0.2) is 9.78 Å². The van der Waals surface area contributed by atoms with E-state index < -0.39 is 5.97 Å². The first-order valence-electron chi connectivity index (χ1n) is 5.70. The molecule has 0 aromatic carbocycles. The first-order valence-corrected chi connectivity index (χ1v) is 5.70. The Hall–Kier alpha value is -2.57. The maximum atomic E-state index is 10.9. The minimum atomic E-state index is -1.08. The predicted octanol–water partition coefficient (Wildman–Crippen LogP) is 1.02. The van der Waals surface area contributed by atoms with Gasteiger partial charge in [0.15, 0.2) is 5.69 Å². The topological polar surface area (TPSA) is 106 Å². The molecule has 0 fully saturated rings. The third-order valence-electron chi connectivity index (χ3n) is 2.71. The zero-order valence-corrected chi connectivity index (χ0v) is 10.7. The third kappa shape index (κ3) is 2.82. The molecule has 100 valence electrons. The Labute approximate surface area is 110 Å². The molecule has 2 aromatic rings. The maximum Gasteiger partial charge on any atom is 0.354 e. The highest BCUT2D eigenvalue weighted by atomic mass is 16.4. The van der Waals surface area contributed by atoms with Crippen LogP contribution in [0.1, 0.15) is 21.7 Å². The van der Waals surface area contributed by atoms with Crippen LogP contribution in [-0.2, 0) is 13.6 Å². The lowest BCUT2D eigenvalue weighted by Crippen LogP contribution is -2.08. The van der Waals surface area contributed by atoms with Gasteiger partial charge in [-0.15, -0.1) is 0 Å². The number of hydrogen-bond acceptors (Lipinski definition) is 5. The highest BCUT2D eigenvalue weighted by Crippen LogP contribution is 2.17. The summed E-state index contributed by atoms with van der Waals surface area (Å²) in [5.41, 5.74) is 8.03. The Morgan fingerprint density at radius 2 is 2.26 bits per heavy atom. The van der Waals surface area contributed by atoms with Crippen molar-refractivity contribution in [1.29, 1.82) is 0 Å². The Morgan fingerprint density at radius 1 is 1.53 bits per heavy atom. The SMILES string of the molecule is Cc1nn(C)cc1CNc1nc(C(=O)O)ccc1N. The van der Waals surface area contributed by atoms with E-state index in [1.54, 1.807) is 4.68 Å². The highest BCUT2D eigenvalue weighted by molar-refractivity contribution is 5.86. The Kier molecular flexibility index (Phi) is 3.37. The van der Waals surface area contributed by atoms with E-state index in [1.807, 2.05) is 20.2 Å². The second kappa shape index (κ2) is 4.97. The minimum Gasteiger partial charge on any atom is -0.477 e. The van der Waals surface area contributed by atoms with Gasteiger partial charge in [0, 0.05) is 25.4 Å². The summed E-state index contributed by atoms with van der Waals surface area (Å²) in [7, 11) is 1.84. The first-order chi connectivity index (χ1) is 8.97. The number of hydrogen-bond donors (Lipinski definition) is 3. The van der Waals surface area contributed by atoms with E-state index in [0.29, 0.717) is 18.1 Å². The van der Waals surface area contributed by atoms with Gasteiger partial charge in [-0.05, 0) is 19.1 Å². The van der Waals surface area contributed by atoms with E-state index >= 15 is 0 Å². The van der Waals surface area contributed by atoms with Crippen LogP contribution in [0, 0.1) is 6.92 Å². The Bertz CT molecular complexity index is 621. The van der Waals surface area contributed by atoms with Crippen LogP contribution in [0.2, 0.25) is 0 Å². The number of rotatable bonds is 4. The molecule has 2 rings (SSSR count). The van der Waals surface area contributed by atoms with Crippen LogP contribution in [0.4, 0.5) is 11.5 Å². The number of aryl methyl sites for hydroxylation is 2. The summed E-state index contributed by atoms with van der Waals surface area (Å²) >= 11 is 0. The molecule has 0 saturated heterocycles. The fourth-order valence-corrected chi connectivity index (χ4v) is 1.73. The van der Waals surface area contributed by atoms with Crippen LogP contribution in [0.3, 0.4) is 0 Å². The van der Waals surface area contributed by atoms with Crippen LogP contribution in [0.15, 0.2) is 18.3 Å². The number of nitrogens with zero attached hydrogens (tertiary/aromatic N) is 3. The normalized spacial score (nSPS) is 10.4. The van der Waals surface area contributed by atoms with Crippen LogP contribution < -0.4 is 11.1 Å². The summed E-state index contributed by atoms with van der Waals surface area (Å²) in [6, 6.07) is 2.90. The number of carboxylic acid groups (broad SMARTS) is 1. The largest absolute Gasteiger partial charge is 0.477 e. The van der Waals surface area contributed by atoms with Gasteiger partial charge in [-0.1, -0.05) is 0 Å². The van der Waals surface area contributed by atoms with Crippen molar-refractivity contribution in [2.45, 2.75) is 13.5 Å². The number of nitrogens with one attached hydrogen (secondary N) is 1. The van der Waals surface area contributed by atoms with Gasteiger partial charge in [0.05, 0.1) is 11.4 Å². The fraction of sp³-hybridized carbons (Fsp3) is 0.250. The van der Waals surface area contributed by atoms with Gasteiger partial charge in [0.1, 0.15) is 5.82 Å². The van der Waals surface area contributed by atoms with Crippen LogP contribution in [0.25, 0.3) is 0 Å². The standard InChI is InChI=1S/C12H15N5O2/c1-7-8(6-17(2)16-7)5-14-11-9(13)3-4-10(15-11)12(18)19/h3-4,6H,5,13H2,1-2H3,(H,14,15)(H,18,19). The summed E-state index contributed by atoms with van der Waals surface area (Å²) in [4.78, 5) is 14.8. The second-order valence-electron chi connectivity index (χ2n) is 4.21. The van der Waals surface area contributed by atoms with Crippen LogP contribution in [0.5, 0.6) is 0 Å². The Morgan fingerprint density at radius 3 is 2.84 bits per heavy atom. The molecule has 0 saturated carbocycles. The van der Waals surface area contributed by atoms with E-state index in [4.69, 9.17) is 10.8 Å². The molecule has 2 heterocycles. The molecule has 0 unspecified atom stereocenters. The summed E-state index contributed by atoms with van der Waals surface area (Å²) in [6.45, 7) is 2.39. The summed E-state index contributed by atoms with van der Waals surface area (Å²) < 4.78 is 1.72. The molecule has 2 aromatic heterocycles. The minimum absolute atomic E-state index is 0.0420. The number of anilines is 2. The van der Waals surface area contributed by atoms with Crippen molar-refractivity contribution in [3.05, 3.63) is 35.3 Å². The maximum absolute atomic E-state index is 10.9. The summed E-state index contributed by atoms with van der Waals surface area (Å²) in [5, 5.41) is 16.1. The lowest BCUT2D eigenvalue weighted by molar-refractivity contribution is 0.0690. The molecule has 0 spiro atoms. The molecule has 4 N–H and O–H groups in total. The van der Waals surface area contributed by atoms with Crippen molar-refractivity contribution in [3.8, 4) is 0 Å². The smallest absolute Gasteiger partial charge is 0.354 e. The quantitative estimate of drug-likeness (QED) is 0.758. The van der Waals surface area contributed by atoms with Crippen LogP contribution >= 0.6 is 0 Å². The van der Waals surface area contributed by atoms with Crippen molar-refractivity contribution in [2.75, 3.05) is 11.1 Å². The van der Waals surface area contributed by atoms with Crippen molar-refractivity contribution >= 4 is 17.5 Å². The lowest BCUT2D eigenvalue weighted by Gasteiger charge is -2.08. The number of nitrogen functional groups attached to an aromatic ring is 1. The molecule has 19 heavy (non-hydrogen) atoms. The van der Waals surface area contributed by atoms with Gasteiger partial charge >= 0.3 is 5.97 Å². The molecular formula is C12H15N5O2. The zero-order chi connectivity index (χ0) is 14.0. The molecular weight excluding hydrogens is 246 g/mol. The van der Waals surface area contributed by atoms with E-state index in [0.717, 1.165) is 11.3 Å². The monoisotopic (exact) mass is 261 g/mol. The van der Waals surface area contributed by atoms with Gasteiger partial charge < -0.3 is 16.2 Å². The van der Waals surface area contributed by atoms with Crippen molar-refractivity contribution in [1.82, 2.24) is 14.8 Å². The van der Waals surface area contributed by atoms with Crippen LogP contribution in [-0.4, -0.2) is 25.8 Å². The number of nitrogens with two attached hydrogens (primary N) is 1. The number of carboxylic acids is 1. The van der Waals surface area contributed by atoms with Gasteiger partial charge in [0.2, 0.25) is 0 Å². The first kappa shape index (κ1) is 12.9. The third-order valence-corrected chi connectivity index (χ3v) is 2.71. The van der Waals surface area contributed by atoms with E-state index in [1.165, 1.54) is 12.1 Å². The lowest BCUT2D eigenvalue weighted by atomic mass is 10.2. The molecule has 0 aliphatic carbocycles. The summed E-state index contributed by atoms with van der Waals surface area (Å²) in [5.74, 6) is -0.719. The van der Waals surface area contributed by atoms with Gasteiger partial charge in [-0.2, -0.15) is 5.10 Å². The highest BCUT2D eigenvalue weighted by Gasteiger charge is 2.09. The van der Waals surface area contributed by atoms with Gasteiger partial charge in [-0.3, -0.25) is 4.68 Å². The second-order valence-corrected chi connectivity index (χ2v) is 4.21. The molecule has 0 amide bonds. The van der Waals surface area contributed by atoms with E-state index in [-0.39, 0.29) is 5.69 Å². The average Bonchev–Trinajstić information content (AvgIpc) is 2.66. The zero-order valence-electron chi connectivity index (χ0n) is 10.7. The van der Waals surface area contributed by atoms with Gasteiger partial charge in [0.25, 0.3) is 0 Å². The Balaban J connectivity index is 2.17. The predicted molar refractivity (Wildman–Crippen MR) is 70.9 cm³/mol. The number of carbonyl (C=O) groups is 1.